The molecule has 2 aliphatic rings. The number of fused-ring (bicyclic) bond motifs is 1. The quantitative estimate of drug-likeness (QED) is 0.685. The smallest absolute Gasteiger partial charge is 0.226 e. The molecule has 0 bridgehead atoms. The number of hydrogen-bond acceptors (Lipinski definition) is 3. The summed E-state index contributed by atoms with van der Waals surface area (Å²) >= 11 is 0. The van der Waals surface area contributed by atoms with Crippen molar-refractivity contribution in [2.45, 2.75) is 25.4 Å². The molecule has 1 fully saturated rings. The third kappa shape index (κ3) is 1.51. The summed E-state index contributed by atoms with van der Waals surface area (Å²) in [5, 5.41) is 16.1. The van der Waals surface area contributed by atoms with Gasteiger partial charge in [-0.1, -0.05) is 0 Å². The lowest BCUT2D eigenvalue weighted by molar-refractivity contribution is -0.146. The van der Waals surface area contributed by atoms with E-state index in [0.29, 0.717) is 13.1 Å². The zero-order valence-corrected chi connectivity index (χ0v) is 9.02. The second kappa shape index (κ2) is 3.59. The van der Waals surface area contributed by atoms with Crippen LogP contribution in [-0.2, 0) is 17.6 Å². The number of rotatable bonds is 1. The fourth-order valence-corrected chi connectivity index (χ4v) is 2.52. The first kappa shape index (κ1) is 9.84. The van der Waals surface area contributed by atoms with Gasteiger partial charge in [0.2, 0.25) is 5.91 Å². The van der Waals surface area contributed by atoms with E-state index in [2.05, 4.69) is 10.2 Å². The van der Waals surface area contributed by atoms with Crippen LogP contribution in [0.2, 0.25) is 0 Å². The zero-order chi connectivity index (χ0) is 11.1. The van der Waals surface area contributed by atoms with Crippen LogP contribution in [0.5, 0.6) is 0 Å². The van der Waals surface area contributed by atoms with E-state index < -0.39 is 0 Å². The molecule has 1 aromatic rings. The number of carbonyl (C=O) groups excluding carboxylic acids is 1. The van der Waals surface area contributed by atoms with Crippen LogP contribution in [0.3, 0.4) is 0 Å². The van der Waals surface area contributed by atoms with Crippen molar-refractivity contribution in [3.05, 3.63) is 17.5 Å². The van der Waals surface area contributed by atoms with Crippen molar-refractivity contribution in [1.29, 1.82) is 0 Å². The molecule has 0 radical (unpaired) electrons. The lowest BCUT2D eigenvalue weighted by Crippen LogP contribution is -2.55. The van der Waals surface area contributed by atoms with Gasteiger partial charge in [-0.2, -0.15) is 5.10 Å². The van der Waals surface area contributed by atoms with Crippen molar-refractivity contribution in [2.75, 3.05) is 13.1 Å². The topological polar surface area (TPSA) is 69.2 Å². The zero-order valence-electron chi connectivity index (χ0n) is 9.02. The molecule has 1 amide bonds. The van der Waals surface area contributed by atoms with Crippen molar-refractivity contribution >= 4 is 5.91 Å². The first-order valence-electron chi connectivity index (χ1n) is 5.72. The number of aliphatic hydroxyl groups excluding tert-OH is 1. The molecule has 5 heteroatoms. The molecule has 16 heavy (non-hydrogen) atoms. The average Bonchev–Trinajstić information content (AvgIpc) is 2.70. The van der Waals surface area contributed by atoms with Crippen LogP contribution in [-0.4, -0.2) is 45.3 Å². The summed E-state index contributed by atoms with van der Waals surface area (Å²) < 4.78 is 0. The Labute approximate surface area is 93.5 Å². The molecule has 0 aromatic carbocycles. The Morgan fingerprint density at radius 1 is 1.56 bits per heavy atom. The minimum atomic E-state index is -0.308. The summed E-state index contributed by atoms with van der Waals surface area (Å²) in [7, 11) is 0. The van der Waals surface area contributed by atoms with Gasteiger partial charge in [0.1, 0.15) is 0 Å². The van der Waals surface area contributed by atoms with Crippen molar-refractivity contribution in [3.8, 4) is 0 Å². The second-order valence-electron chi connectivity index (χ2n) is 4.71. The highest BCUT2D eigenvalue weighted by Crippen LogP contribution is 2.26. The standard InChI is InChI=1S/C11H15N3O2/c15-9-5-14(6-9)11(16)7-1-2-10-8(3-7)4-12-13-10/h4,7,9,15H,1-3,5-6H2,(H,12,13). The predicted molar refractivity (Wildman–Crippen MR) is 56.7 cm³/mol. The van der Waals surface area contributed by atoms with E-state index >= 15 is 0 Å². The van der Waals surface area contributed by atoms with Crippen molar-refractivity contribution in [1.82, 2.24) is 15.1 Å². The van der Waals surface area contributed by atoms with Gasteiger partial charge in [0.25, 0.3) is 0 Å². The Morgan fingerprint density at radius 3 is 3.12 bits per heavy atom. The molecule has 0 saturated carbocycles. The van der Waals surface area contributed by atoms with Gasteiger partial charge in [-0.25, -0.2) is 0 Å². The highest BCUT2D eigenvalue weighted by atomic mass is 16.3. The number of likely N-dealkylation sites (tertiary alicyclic amines) is 1. The Hall–Kier alpha value is -1.36. The molecule has 5 nitrogen and oxygen atoms in total. The average molecular weight is 221 g/mol. The number of nitrogens with one attached hydrogen (secondary N) is 1. The number of aliphatic hydroxyl groups is 1. The normalized spacial score (nSPS) is 25.1. The highest BCUT2D eigenvalue weighted by molar-refractivity contribution is 5.80. The molecule has 86 valence electrons. The van der Waals surface area contributed by atoms with E-state index in [-0.39, 0.29) is 17.9 Å². The molecular formula is C11H15N3O2. The molecule has 1 saturated heterocycles. The van der Waals surface area contributed by atoms with E-state index in [1.807, 2.05) is 6.20 Å². The lowest BCUT2D eigenvalue weighted by Gasteiger charge is -2.38. The number of nitrogens with zero attached hydrogens (tertiary/aromatic N) is 2. The summed E-state index contributed by atoms with van der Waals surface area (Å²) in [5.41, 5.74) is 2.35. The number of aryl methyl sites for hydroxylation is 1. The van der Waals surface area contributed by atoms with Gasteiger partial charge in [-0.05, 0) is 24.8 Å². The maximum Gasteiger partial charge on any atom is 0.226 e. The van der Waals surface area contributed by atoms with Gasteiger partial charge >= 0.3 is 0 Å². The number of hydrogen-bond donors (Lipinski definition) is 2. The summed E-state index contributed by atoms with van der Waals surface area (Å²) in [4.78, 5) is 13.8. The molecule has 1 atom stereocenters. The van der Waals surface area contributed by atoms with Crippen LogP contribution < -0.4 is 0 Å². The monoisotopic (exact) mass is 221 g/mol. The van der Waals surface area contributed by atoms with E-state index in [1.54, 1.807) is 4.90 Å². The summed E-state index contributed by atoms with van der Waals surface area (Å²) in [5.74, 6) is 0.273. The van der Waals surface area contributed by atoms with E-state index in [9.17, 15) is 9.90 Å². The summed E-state index contributed by atoms with van der Waals surface area (Å²) in [6, 6.07) is 0. The Morgan fingerprint density at radius 2 is 2.38 bits per heavy atom. The Kier molecular flexibility index (Phi) is 2.21. The van der Waals surface area contributed by atoms with Crippen LogP contribution in [0, 0.1) is 5.92 Å². The minimum Gasteiger partial charge on any atom is -0.389 e. The maximum absolute atomic E-state index is 12.0. The van der Waals surface area contributed by atoms with E-state index in [1.165, 1.54) is 11.3 Å². The van der Waals surface area contributed by atoms with Crippen molar-refractivity contribution < 1.29 is 9.90 Å². The SMILES string of the molecule is O=C(C1CCc2[nH]ncc2C1)N1CC(O)C1. The Balaban J connectivity index is 1.67. The third-order valence-electron chi connectivity index (χ3n) is 3.54. The molecule has 0 spiro atoms. The lowest BCUT2D eigenvalue weighted by atomic mass is 9.86. The summed E-state index contributed by atoms with van der Waals surface area (Å²) in [6.07, 6.45) is 4.09. The van der Waals surface area contributed by atoms with Crippen LogP contribution >= 0.6 is 0 Å². The number of carbonyl (C=O) groups is 1. The minimum absolute atomic E-state index is 0.0811. The van der Waals surface area contributed by atoms with Crippen LogP contribution in [0.15, 0.2) is 6.20 Å². The molecule has 1 aromatic heterocycles. The van der Waals surface area contributed by atoms with Crippen molar-refractivity contribution in [2.24, 2.45) is 5.92 Å². The first-order valence-corrected chi connectivity index (χ1v) is 5.72. The molecule has 1 aliphatic heterocycles. The molecular weight excluding hydrogens is 206 g/mol. The largest absolute Gasteiger partial charge is 0.389 e. The number of H-pyrrole nitrogens is 1. The van der Waals surface area contributed by atoms with E-state index in [4.69, 9.17) is 0 Å². The number of aromatic nitrogens is 2. The number of amides is 1. The molecule has 2 N–H and O–H groups in total. The van der Waals surface area contributed by atoms with Gasteiger partial charge in [0, 0.05) is 24.7 Å². The fraction of sp³-hybridized carbons (Fsp3) is 0.636. The molecule has 2 heterocycles. The summed E-state index contributed by atoms with van der Waals surface area (Å²) in [6.45, 7) is 1.02. The van der Waals surface area contributed by atoms with Crippen LogP contribution in [0.25, 0.3) is 0 Å². The molecule has 3 rings (SSSR count). The van der Waals surface area contributed by atoms with Gasteiger partial charge in [-0.15, -0.1) is 0 Å². The van der Waals surface area contributed by atoms with Crippen LogP contribution in [0.1, 0.15) is 17.7 Å². The second-order valence-corrected chi connectivity index (χ2v) is 4.71. The maximum atomic E-state index is 12.0. The van der Waals surface area contributed by atoms with Crippen molar-refractivity contribution in [3.63, 3.8) is 0 Å². The van der Waals surface area contributed by atoms with Gasteiger partial charge < -0.3 is 10.0 Å². The highest BCUT2D eigenvalue weighted by Gasteiger charge is 2.35. The predicted octanol–water partition coefficient (Wildman–Crippen LogP) is -0.282. The van der Waals surface area contributed by atoms with Gasteiger partial charge in [0.15, 0.2) is 0 Å². The first-order chi connectivity index (χ1) is 7.74. The number of aromatic amines is 1. The van der Waals surface area contributed by atoms with E-state index in [0.717, 1.165) is 19.3 Å². The Bertz CT molecular complexity index is 409. The third-order valence-corrected chi connectivity index (χ3v) is 3.54. The van der Waals surface area contributed by atoms with Gasteiger partial charge in [-0.3, -0.25) is 9.89 Å². The number of β-amino-alcohol motifs (C(OH)–C–C–N with tert-alkyl or cyclic N) is 1. The van der Waals surface area contributed by atoms with Crippen LogP contribution in [0.4, 0.5) is 0 Å². The molecule has 1 aliphatic carbocycles. The molecule has 1 unspecified atom stereocenters. The fourth-order valence-electron chi connectivity index (χ4n) is 2.52. The van der Waals surface area contributed by atoms with Gasteiger partial charge in [0.05, 0.1) is 12.3 Å².